The molecule has 0 aliphatic carbocycles. The summed E-state index contributed by atoms with van der Waals surface area (Å²) in [5.74, 6) is 0.148. The van der Waals surface area contributed by atoms with Crippen molar-refractivity contribution in [1.82, 2.24) is 5.32 Å². The Hall–Kier alpha value is -3.33. The number of carbonyl (C=O) groups is 2. The minimum atomic E-state index is -0.312. The van der Waals surface area contributed by atoms with Crippen LogP contribution in [0.4, 0.5) is 5.69 Å². The van der Waals surface area contributed by atoms with E-state index in [4.69, 9.17) is 10.00 Å². The summed E-state index contributed by atoms with van der Waals surface area (Å²) in [4.78, 5) is 23.6. The molecule has 2 amide bonds. The van der Waals surface area contributed by atoms with Gasteiger partial charge < -0.3 is 15.4 Å². The highest BCUT2D eigenvalue weighted by Gasteiger charge is 2.19. The zero-order valence-corrected chi connectivity index (χ0v) is 17.3. The third-order valence-electron chi connectivity index (χ3n) is 4.27. The lowest BCUT2D eigenvalue weighted by Gasteiger charge is -2.23. The van der Waals surface area contributed by atoms with E-state index in [2.05, 4.69) is 37.5 Å². The van der Waals surface area contributed by atoms with Crippen molar-refractivity contribution in [2.45, 2.75) is 46.1 Å². The van der Waals surface area contributed by atoms with Crippen molar-refractivity contribution in [3.8, 4) is 11.8 Å². The van der Waals surface area contributed by atoms with E-state index in [1.54, 1.807) is 30.3 Å². The smallest absolute Gasteiger partial charge is 0.262 e. The second-order valence-corrected chi connectivity index (χ2v) is 7.90. The molecule has 0 spiro atoms. The maximum atomic E-state index is 12.3. The summed E-state index contributed by atoms with van der Waals surface area (Å²) in [6.07, 6.45) is -0.161. The van der Waals surface area contributed by atoms with Gasteiger partial charge in [-0.2, -0.15) is 5.26 Å². The molecular formula is C23H27N3O3. The average Bonchev–Trinajstić information content (AvgIpc) is 2.66. The molecule has 0 aliphatic rings. The standard InChI is InChI=1S/C23H27N3O3/c1-16-5-10-20(19(13-16)23(2,3)4)29-15-22(28)26-18-8-6-17(7-9-18)14-25-21(27)11-12-24/h5-10,13H,11,14-15H2,1-4H3,(H,25,27)(H,26,28). The minimum Gasteiger partial charge on any atom is -0.483 e. The second kappa shape index (κ2) is 9.74. The van der Waals surface area contributed by atoms with Crippen LogP contribution < -0.4 is 15.4 Å². The normalized spacial score (nSPS) is 10.7. The van der Waals surface area contributed by atoms with Gasteiger partial charge in [-0.25, -0.2) is 0 Å². The van der Waals surface area contributed by atoms with Crippen molar-refractivity contribution >= 4 is 17.5 Å². The largest absolute Gasteiger partial charge is 0.483 e. The highest BCUT2D eigenvalue weighted by molar-refractivity contribution is 5.91. The number of carbonyl (C=O) groups excluding carboxylic acids is 2. The maximum Gasteiger partial charge on any atom is 0.262 e. The first-order valence-electron chi connectivity index (χ1n) is 9.45. The van der Waals surface area contributed by atoms with Crippen LogP contribution in [0, 0.1) is 18.3 Å². The molecule has 0 aliphatic heterocycles. The first kappa shape index (κ1) is 22.0. The summed E-state index contributed by atoms with van der Waals surface area (Å²) in [5.41, 5.74) is 3.64. The van der Waals surface area contributed by atoms with Gasteiger partial charge in [-0.1, -0.05) is 50.6 Å². The van der Waals surface area contributed by atoms with Crippen LogP contribution in [0.15, 0.2) is 42.5 Å². The Labute approximate surface area is 171 Å². The SMILES string of the molecule is Cc1ccc(OCC(=O)Nc2ccc(CNC(=O)CC#N)cc2)c(C(C)(C)C)c1. The second-order valence-electron chi connectivity index (χ2n) is 7.90. The number of nitrogens with one attached hydrogen (secondary N) is 2. The number of benzene rings is 2. The number of nitrogens with zero attached hydrogens (tertiary/aromatic N) is 1. The highest BCUT2D eigenvalue weighted by Crippen LogP contribution is 2.32. The predicted octanol–water partition coefficient (Wildman–Crippen LogP) is 3.84. The number of anilines is 1. The number of nitriles is 1. The molecule has 0 aromatic heterocycles. The van der Waals surface area contributed by atoms with Crippen molar-refractivity contribution in [1.29, 1.82) is 5.26 Å². The monoisotopic (exact) mass is 393 g/mol. The van der Waals surface area contributed by atoms with E-state index < -0.39 is 0 Å². The first-order valence-corrected chi connectivity index (χ1v) is 9.45. The fraction of sp³-hybridized carbons (Fsp3) is 0.348. The molecule has 2 aromatic rings. The van der Waals surface area contributed by atoms with Crippen LogP contribution in [0.3, 0.4) is 0 Å². The summed E-state index contributed by atoms with van der Waals surface area (Å²) in [5, 5.41) is 13.9. The van der Waals surface area contributed by atoms with E-state index in [1.807, 2.05) is 19.1 Å². The molecule has 0 heterocycles. The third-order valence-corrected chi connectivity index (χ3v) is 4.27. The molecule has 0 radical (unpaired) electrons. The molecule has 0 saturated heterocycles. The lowest BCUT2D eigenvalue weighted by molar-refractivity contribution is -0.120. The van der Waals surface area contributed by atoms with Gasteiger partial charge in [0.25, 0.3) is 5.91 Å². The van der Waals surface area contributed by atoms with Crippen molar-refractivity contribution in [2.75, 3.05) is 11.9 Å². The number of hydrogen-bond acceptors (Lipinski definition) is 4. The van der Waals surface area contributed by atoms with Crippen molar-refractivity contribution in [3.63, 3.8) is 0 Å². The number of ether oxygens (including phenoxy) is 1. The third kappa shape index (κ3) is 6.96. The summed E-state index contributed by atoms with van der Waals surface area (Å²) in [6, 6.07) is 14.9. The molecule has 2 aromatic carbocycles. The Morgan fingerprint density at radius 2 is 1.76 bits per heavy atom. The van der Waals surface area contributed by atoms with Gasteiger partial charge in [0, 0.05) is 12.2 Å². The lowest BCUT2D eigenvalue weighted by Crippen LogP contribution is -2.22. The maximum absolute atomic E-state index is 12.3. The van der Waals surface area contributed by atoms with E-state index in [1.165, 1.54) is 0 Å². The zero-order chi connectivity index (χ0) is 21.4. The van der Waals surface area contributed by atoms with Crippen molar-refractivity contribution in [3.05, 3.63) is 59.2 Å². The van der Waals surface area contributed by atoms with Crippen LogP contribution in [0.1, 0.15) is 43.9 Å². The minimum absolute atomic E-state index is 0.0852. The molecule has 0 bridgehead atoms. The first-order chi connectivity index (χ1) is 13.7. The summed E-state index contributed by atoms with van der Waals surface area (Å²) in [7, 11) is 0. The van der Waals surface area contributed by atoms with Crippen LogP contribution in [0.2, 0.25) is 0 Å². The van der Waals surface area contributed by atoms with Crippen molar-refractivity contribution in [2.24, 2.45) is 0 Å². The Kier molecular flexibility index (Phi) is 7.38. The molecule has 152 valence electrons. The van der Waals surface area contributed by atoms with Gasteiger partial charge in [0.15, 0.2) is 6.61 Å². The van der Waals surface area contributed by atoms with E-state index in [0.29, 0.717) is 18.0 Å². The topological polar surface area (TPSA) is 91.2 Å². The van der Waals surface area contributed by atoms with Crippen LogP contribution in [0.25, 0.3) is 0 Å². The summed E-state index contributed by atoms with van der Waals surface area (Å²) < 4.78 is 5.78. The van der Waals surface area contributed by atoms with Gasteiger partial charge in [-0.05, 0) is 41.7 Å². The van der Waals surface area contributed by atoms with E-state index in [-0.39, 0.29) is 30.3 Å². The molecule has 29 heavy (non-hydrogen) atoms. The van der Waals surface area contributed by atoms with Crippen LogP contribution in [-0.4, -0.2) is 18.4 Å². The summed E-state index contributed by atoms with van der Waals surface area (Å²) in [6.45, 7) is 8.61. The predicted molar refractivity (Wildman–Crippen MR) is 113 cm³/mol. The fourth-order valence-electron chi connectivity index (χ4n) is 2.74. The van der Waals surface area contributed by atoms with Gasteiger partial charge >= 0.3 is 0 Å². The highest BCUT2D eigenvalue weighted by atomic mass is 16.5. The molecular weight excluding hydrogens is 366 g/mol. The average molecular weight is 393 g/mol. The molecule has 2 N–H and O–H groups in total. The van der Waals surface area contributed by atoms with Gasteiger partial charge in [-0.3, -0.25) is 9.59 Å². The number of amides is 2. The molecule has 0 fully saturated rings. The van der Waals surface area contributed by atoms with E-state index in [0.717, 1.165) is 16.7 Å². The fourth-order valence-corrected chi connectivity index (χ4v) is 2.74. The number of rotatable bonds is 7. The lowest BCUT2D eigenvalue weighted by atomic mass is 9.85. The van der Waals surface area contributed by atoms with E-state index in [9.17, 15) is 9.59 Å². The quantitative estimate of drug-likeness (QED) is 0.748. The van der Waals surface area contributed by atoms with Gasteiger partial charge in [0.05, 0.1) is 6.07 Å². The Morgan fingerprint density at radius 1 is 1.07 bits per heavy atom. The van der Waals surface area contributed by atoms with Gasteiger partial charge in [-0.15, -0.1) is 0 Å². The molecule has 0 unspecified atom stereocenters. The molecule has 2 rings (SSSR count). The van der Waals surface area contributed by atoms with Gasteiger partial charge in [0.2, 0.25) is 5.91 Å². The number of hydrogen-bond donors (Lipinski definition) is 2. The molecule has 0 saturated carbocycles. The Bertz CT molecular complexity index is 906. The molecule has 0 atom stereocenters. The van der Waals surface area contributed by atoms with E-state index >= 15 is 0 Å². The molecule has 6 heteroatoms. The zero-order valence-electron chi connectivity index (χ0n) is 17.3. The van der Waals surface area contributed by atoms with Crippen LogP contribution >= 0.6 is 0 Å². The van der Waals surface area contributed by atoms with Crippen LogP contribution in [0.5, 0.6) is 5.75 Å². The van der Waals surface area contributed by atoms with Gasteiger partial charge in [0.1, 0.15) is 12.2 Å². The Morgan fingerprint density at radius 3 is 2.38 bits per heavy atom. The summed E-state index contributed by atoms with van der Waals surface area (Å²) >= 11 is 0. The molecule has 6 nitrogen and oxygen atoms in total. The van der Waals surface area contributed by atoms with Crippen molar-refractivity contribution < 1.29 is 14.3 Å². The number of aryl methyl sites for hydroxylation is 1. The van der Waals surface area contributed by atoms with Crippen LogP contribution in [-0.2, 0) is 21.5 Å². The Balaban J connectivity index is 1.90.